The number of para-hydroxylation sites is 2. The van der Waals surface area contributed by atoms with E-state index in [2.05, 4.69) is 176 Å². The smallest absolute Gasteiger partial charge is 0.164 e. The van der Waals surface area contributed by atoms with Crippen LogP contribution in [-0.4, -0.2) is 15.0 Å². The van der Waals surface area contributed by atoms with Gasteiger partial charge in [0, 0.05) is 27.8 Å². The second kappa shape index (κ2) is 12.5. The van der Waals surface area contributed by atoms with Crippen molar-refractivity contribution >= 4 is 17.1 Å². The van der Waals surface area contributed by atoms with Crippen molar-refractivity contribution in [2.75, 3.05) is 4.90 Å². The highest BCUT2D eigenvalue weighted by molar-refractivity contribution is 5.97. The van der Waals surface area contributed by atoms with Crippen LogP contribution in [0.3, 0.4) is 0 Å². The molecule has 59 heavy (non-hydrogen) atoms. The van der Waals surface area contributed by atoms with E-state index in [1.807, 2.05) is 36.4 Å². The van der Waals surface area contributed by atoms with Crippen LogP contribution >= 0.6 is 0 Å². The SMILES string of the molecule is CC1(C)c2ccccc2N(c2ccc3c(c2)C2(c4ccccc4-c4ccc(-c5nc(-c6ccccc6)nc(-c6ccccc6)n5)cc42)c2ccccc2-3)c2ccccc21. The maximum Gasteiger partial charge on any atom is 0.164 e. The first-order valence-corrected chi connectivity index (χ1v) is 20.4. The summed E-state index contributed by atoms with van der Waals surface area (Å²) in [4.78, 5) is 17.8. The van der Waals surface area contributed by atoms with Gasteiger partial charge in [0.25, 0.3) is 0 Å². The summed E-state index contributed by atoms with van der Waals surface area (Å²) < 4.78 is 0. The maximum atomic E-state index is 5.18. The molecule has 1 atom stereocenters. The van der Waals surface area contributed by atoms with Crippen LogP contribution in [0.5, 0.6) is 0 Å². The van der Waals surface area contributed by atoms with Crippen LogP contribution in [0, 0.1) is 0 Å². The highest BCUT2D eigenvalue weighted by Crippen LogP contribution is 2.64. The van der Waals surface area contributed by atoms with Crippen molar-refractivity contribution in [3.8, 4) is 56.4 Å². The number of rotatable bonds is 4. The van der Waals surface area contributed by atoms with Gasteiger partial charge in [-0.25, -0.2) is 15.0 Å². The van der Waals surface area contributed by atoms with Crippen molar-refractivity contribution in [3.05, 3.63) is 228 Å². The lowest BCUT2D eigenvalue weighted by molar-refractivity contribution is 0.632. The third kappa shape index (κ3) is 4.74. The van der Waals surface area contributed by atoms with Crippen molar-refractivity contribution in [1.29, 1.82) is 0 Å². The zero-order valence-corrected chi connectivity index (χ0v) is 32.8. The van der Waals surface area contributed by atoms with E-state index in [1.165, 1.54) is 67.0 Å². The van der Waals surface area contributed by atoms with Gasteiger partial charge >= 0.3 is 0 Å². The van der Waals surface area contributed by atoms with Gasteiger partial charge in [-0.05, 0) is 86.0 Å². The molecule has 0 bridgehead atoms. The molecule has 1 aromatic heterocycles. The van der Waals surface area contributed by atoms with E-state index in [0.29, 0.717) is 17.5 Å². The Bertz CT molecular complexity index is 3030. The van der Waals surface area contributed by atoms with Gasteiger partial charge in [0.15, 0.2) is 17.5 Å². The second-order valence-corrected chi connectivity index (χ2v) is 16.4. The molecule has 0 N–H and O–H groups in total. The second-order valence-electron chi connectivity index (χ2n) is 16.4. The predicted octanol–water partition coefficient (Wildman–Crippen LogP) is 13.3. The summed E-state index contributed by atoms with van der Waals surface area (Å²) in [7, 11) is 0. The van der Waals surface area contributed by atoms with Gasteiger partial charge in [0.05, 0.1) is 16.8 Å². The standard InChI is InChI=1S/C55H38N4/c1-54(2)45-25-13-15-27-49(45)59(50-28-16-14-26-46(50)54)38-30-32-42-40-22-10-12-24-44(40)55(48(42)34-38)43-23-11-9-21-39(43)41-31-29-37(33-47(41)55)53-57-51(35-17-5-3-6-18-35)56-52(58-53)36-19-7-4-8-20-36/h3-34H,1-2H3. The molecule has 4 nitrogen and oxygen atoms in total. The molecule has 0 fully saturated rings. The number of fused-ring (bicyclic) bond motifs is 12. The summed E-state index contributed by atoms with van der Waals surface area (Å²) in [6.07, 6.45) is 0. The molecule has 2 heterocycles. The first-order valence-electron chi connectivity index (χ1n) is 20.4. The zero-order chi connectivity index (χ0) is 39.3. The van der Waals surface area contributed by atoms with E-state index in [4.69, 9.17) is 15.0 Å². The molecule has 0 radical (unpaired) electrons. The molecule has 278 valence electrons. The fraction of sp³-hybridized carbons (Fsp3) is 0.0727. The molecule has 0 saturated heterocycles. The fourth-order valence-corrected chi connectivity index (χ4v) is 10.3. The quantitative estimate of drug-likeness (QED) is 0.179. The predicted molar refractivity (Wildman–Crippen MR) is 239 cm³/mol. The van der Waals surface area contributed by atoms with Crippen LogP contribution in [0.1, 0.15) is 47.2 Å². The molecule has 1 spiro atoms. The van der Waals surface area contributed by atoms with Gasteiger partial charge < -0.3 is 4.90 Å². The average Bonchev–Trinajstić information content (AvgIpc) is 3.76. The van der Waals surface area contributed by atoms with Crippen LogP contribution in [0.15, 0.2) is 194 Å². The van der Waals surface area contributed by atoms with Crippen molar-refractivity contribution in [2.24, 2.45) is 0 Å². The molecule has 3 aliphatic rings. The van der Waals surface area contributed by atoms with Gasteiger partial charge in [-0.15, -0.1) is 0 Å². The summed E-state index contributed by atoms with van der Waals surface area (Å²) in [6.45, 7) is 4.69. The third-order valence-corrected chi connectivity index (χ3v) is 12.9. The Morgan fingerprint density at radius 3 is 1.29 bits per heavy atom. The Kier molecular flexibility index (Phi) is 7.16. The van der Waals surface area contributed by atoms with Crippen LogP contribution in [0.25, 0.3) is 56.4 Å². The lowest BCUT2D eigenvalue weighted by Crippen LogP contribution is -2.31. The van der Waals surface area contributed by atoms with E-state index in [9.17, 15) is 0 Å². The summed E-state index contributed by atoms with van der Waals surface area (Å²) in [5.74, 6) is 1.95. The third-order valence-electron chi connectivity index (χ3n) is 12.9. The molecule has 1 aliphatic heterocycles. The summed E-state index contributed by atoms with van der Waals surface area (Å²) in [5, 5.41) is 0. The van der Waals surface area contributed by atoms with Gasteiger partial charge in [0.2, 0.25) is 0 Å². The average molecular weight is 755 g/mol. The largest absolute Gasteiger partial charge is 0.310 e. The van der Waals surface area contributed by atoms with E-state index in [1.54, 1.807) is 0 Å². The number of hydrogen-bond donors (Lipinski definition) is 0. The van der Waals surface area contributed by atoms with Gasteiger partial charge in [-0.3, -0.25) is 0 Å². The molecule has 1 unspecified atom stereocenters. The molecule has 4 heteroatoms. The van der Waals surface area contributed by atoms with Crippen molar-refractivity contribution in [3.63, 3.8) is 0 Å². The monoisotopic (exact) mass is 754 g/mol. The van der Waals surface area contributed by atoms with E-state index >= 15 is 0 Å². The molecule has 8 aromatic carbocycles. The Hall–Kier alpha value is -7.43. The molecular formula is C55H38N4. The minimum atomic E-state index is -0.574. The van der Waals surface area contributed by atoms with E-state index < -0.39 is 5.41 Å². The normalized spacial score (nSPS) is 16.1. The number of benzene rings is 8. The van der Waals surface area contributed by atoms with Crippen LogP contribution in [0.2, 0.25) is 0 Å². The molecular weight excluding hydrogens is 717 g/mol. The summed E-state index contributed by atoms with van der Waals surface area (Å²) >= 11 is 0. The van der Waals surface area contributed by atoms with E-state index in [-0.39, 0.29) is 5.41 Å². The molecule has 0 amide bonds. The lowest BCUT2D eigenvalue weighted by atomic mass is 9.70. The Morgan fingerprint density at radius 2 is 0.746 bits per heavy atom. The zero-order valence-electron chi connectivity index (χ0n) is 32.8. The minimum Gasteiger partial charge on any atom is -0.310 e. The molecule has 9 aromatic rings. The van der Waals surface area contributed by atoms with E-state index in [0.717, 1.165) is 22.4 Å². The molecule has 12 rings (SSSR count). The highest BCUT2D eigenvalue weighted by atomic mass is 15.2. The summed E-state index contributed by atoms with van der Waals surface area (Å²) in [5.41, 5.74) is 18.5. The molecule has 0 saturated carbocycles. The van der Waals surface area contributed by atoms with Crippen LogP contribution in [-0.2, 0) is 10.8 Å². The van der Waals surface area contributed by atoms with Crippen molar-refractivity contribution in [1.82, 2.24) is 15.0 Å². The topological polar surface area (TPSA) is 41.9 Å². The first kappa shape index (κ1) is 33.7. The Labute approximate surface area is 344 Å². The minimum absolute atomic E-state index is 0.145. The first-order chi connectivity index (χ1) is 29.0. The van der Waals surface area contributed by atoms with Crippen molar-refractivity contribution < 1.29 is 0 Å². The van der Waals surface area contributed by atoms with Gasteiger partial charge in [-0.1, -0.05) is 178 Å². The molecule has 2 aliphatic carbocycles. The number of hydrogen-bond acceptors (Lipinski definition) is 4. The van der Waals surface area contributed by atoms with Crippen LogP contribution in [0.4, 0.5) is 17.1 Å². The number of anilines is 3. The lowest BCUT2D eigenvalue weighted by Gasteiger charge is -2.42. The number of nitrogens with zero attached hydrogens (tertiary/aromatic N) is 4. The summed E-state index contributed by atoms with van der Waals surface area (Å²) in [6, 6.07) is 70.2. The fourth-order valence-electron chi connectivity index (χ4n) is 10.3. The van der Waals surface area contributed by atoms with Crippen molar-refractivity contribution in [2.45, 2.75) is 24.7 Å². The van der Waals surface area contributed by atoms with Gasteiger partial charge in [-0.2, -0.15) is 0 Å². The Morgan fingerprint density at radius 1 is 0.339 bits per heavy atom. The van der Waals surface area contributed by atoms with Gasteiger partial charge in [0.1, 0.15) is 0 Å². The highest BCUT2D eigenvalue weighted by Gasteiger charge is 2.52. The number of aromatic nitrogens is 3. The van der Waals surface area contributed by atoms with Crippen LogP contribution < -0.4 is 4.90 Å². The Balaban J connectivity index is 1.11. The maximum absolute atomic E-state index is 5.18.